The van der Waals surface area contributed by atoms with Gasteiger partial charge in [0, 0.05) is 12.2 Å². The quantitative estimate of drug-likeness (QED) is 0.778. The van der Waals surface area contributed by atoms with Gasteiger partial charge in [-0.2, -0.15) is 5.10 Å². The summed E-state index contributed by atoms with van der Waals surface area (Å²) < 4.78 is 6.66. The summed E-state index contributed by atoms with van der Waals surface area (Å²) in [6.07, 6.45) is 0.671. The van der Waals surface area contributed by atoms with Crippen molar-refractivity contribution in [3.8, 4) is 0 Å². The van der Waals surface area contributed by atoms with Crippen molar-refractivity contribution in [2.45, 2.75) is 39.8 Å². The van der Waals surface area contributed by atoms with Crippen molar-refractivity contribution in [1.29, 1.82) is 0 Å². The van der Waals surface area contributed by atoms with E-state index in [4.69, 9.17) is 4.74 Å². The maximum atomic E-state index is 11.4. The molecule has 1 aromatic heterocycles. The number of likely N-dealkylation sites (N-methyl/N-ethyl adjacent to an activating group) is 1. The summed E-state index contributed by atoms with van der Waals surface area (Å²) in [6.45, 7) is 6.81. The highest BCUT2D eigenvalue weighted by Crippen LogP contribution is 2.11. The molecule has 0 saturated heterocycles. The van der Waals surface area contributed by atoms with Crippen molar-refractivity contribution < 1.29 is 9.53 Å². The second-order valence-electron chi connectivity index (χ2n) is 4.17. The number of hydrogen-bond acceptors (Lipinski definition) is 4. The van der Waals surface area contributed by atoms with Crippen molar-refractivity contribution in [1.82, 2.24) is 15.1 Å². The monoisotopic (exact) mass is 239 g/mol. The zero-order valence-corrected chi connectivity index (χ0v) is 11.2. The van der Waals surface area contributed by atoms with Crippen LogP contribution in [0.4, 0.5) is 0 Å². The number of nitrogens with zero attached hydrogens (tertiary/aromatic N) is 2. The lowest BCUT2D eigenvalue weighted by atomic mass is 10.2. The van der Waals surface area contributed by atoms with Gasteiger partial charge in [0.1, 0.15) is 6.04 Å². The van der Waals surface area contributed by atoms with E-state index in [9.17, 15) is 4.79 Å². The molecule has 0 fully saturated rings. The van der Waals surface area contributed by atoms with Crippen LogP contribution in [0.3, 0.4) is 0 Å². The number of methoxy groups -OCH3 is 1. The first-order chi connectivity index (χ1) is 8.01. The van der Waals surface area contributed by atoms with Gasteiger partial charge in [-0.15, -0.1) is 0 Å². The Kier molecular flexibility index (Phi) is 4.69. The number of ether oxygens (including phenoxy) is 1. The summed E-state index contributed by atoms with van der Waals surface area (Å²) in [5, 5.41) is 7.39. The minimum atomic E-state index is -0.274. The fraction of sp³-hybridized carbons (Fsp3) is 0.667. The smallest absolute Gasteiger partial charge is 0.322 e. The number of nitrogens with one attached hydrogen (secondary N) is 1. The van der Waals surface area contributed by atoms with Gasteiger partial charge in [-0.05, 0) is 39.8 Å². The van der Waals surface area contributed by atoms with Gasteiger partial charge in [0.15, 0.2) is 0 Å². The molecule has 5 nitrogen and oxygen atoms in total. The van der Waals surface area contributed by atoms with Crippen molar-refractivity contribution in [2.75, 3.05) is 14.2 Å². The molecule has 5 heteroatoms. The van der Waals surface area contributed by atoms with E-state index in [-0.39, 0.29) is 12.0 Å². The maximum absolute atomic E-state index is 11.4. The molecule has 0 aromatic carbocycles. The largest absolute Gasteiger partial charge is 0.468 e. The average molecular weight is 239 g/mol. The normalized spacial score (nSPS) is 12.5. The molecule has 0 spiro atoms. The Balaban J connectivity index is 2.66. The van der Waals surface area contributed by atoms with Gasteiger partial charge in [0.2, 0.25) is 0 Å². The number of rotatable bonds is 5. The summed E-state index contributed by atoms with van der Waals surface area (Å²) in [5.41, 5.74) is 3.41. The number of aryl methyl sites for hydroxylation is 2. The molecule has 0 aliphatic carbocycles. The lowest BCUT2D eigenvalue weighted by Crippen LogP contribution is -2.36. The lowest BCUT2D eigenvalue weighted by Gasteiger charge is -2.14. The van der Waals surface area contributed by atoms with Crippen LogP contribution in [0.25, 0.3) is 0 Å². The summed E-state index contributed by atoms with van der Waals surface area (Å²) in [4.78, 5) is 11.4. The molecule has 0 radical (unpaired) electrons. The molecular formula is C12H21N3O2. The van der Waals surface area contributed by atoms with Crippen LogP contribution in [-0.2, 0) is 16.1 Å². The van der Waals surface area contributed by atoms with Gasteiger partial charge in [0.25, 0.3) is 0 Å². The number of esters is 1. The molecule has 1 N–H and O–H groups in total. The fourth-order valence-corrected chi connectivity index (χ4v) is 1.78. The Morgan fingerprint density at radius 1 is 1.47 bits per heavy atom. The van der Waals surface area contributed by atoms with E-state index >= 15 is 0 Å². The first kappa shape index (κ1) is 13.7. The van der Waals surface area contributed by atoms with E-state index in [0.29, 0.717) is 13.0 Å². The molecule has 0 saturated carbocycles. The number of carbonyl (C=O) groups excluding carboxylic acids is 1. The van der Waals surface area contributed by atoms with Gasteiger partial charge in [-0.3, -0.25) is 9.48 Å². The first-order valence-electron chi connectivity index (χ1n) is 5.77. The zero-order chi connectivity index (χ0) is 13.0. The van der Waals surface area contributed by atoms with E-state index in [1.165, 1.54) is 12.7 Å². The minimum absolute atomic E-state index is 0.231. The van der Waals surface area contributed by atoms with Gasteiger partial charge < -0.3 is 10.1 Å². The molecular weight excluding hydrogens is 218 g/mol. The summed E-state index contributed by atoms with van der Waals surface area (Å²) in [5.74, 6) is -0.231. The van der Waals surface area contributed by atoms with Crippen LogP contribution in [0.1, 0.15) is 23.4 Å². The molecule has 1 rings (SSSR count). The maximum Gasteiger partial charge on any atom is 0.322 e. The minimum Gasteiger partial charge on any atom is -0.468 e. The standard InChI is InChI=1S/C12H21N3O2/c1-8-9(2)14-15(10(8)3)7-6-11(13-4)12(16)17-5/h11,13H,6-7H2,1-5H3. The zero-order valence-electron chi connectivity index (χ0n) is 11.2. The molecule has 1 heterocycles. The number of carbonyl (C=O) groups is 1. The lowest BCUT2D eigenvalue weighted by molar-refractivity contribution is -0.143. The third-order valence-electron chi connectivity index (χ3n) is 3.21. The van der Waals surface area contributed by atoms with Crippen molar-refractivity contribution in [3.63, 3.8) is 0 Å². The van der Waals surface area contributed by atoms with Crippen LogP contribution >= 0.6 is 0 Å². The first-order valence-corrected chi connectivity index (χ1v) is 5.77. The SMILES string of the molecule is CNC(CCn1nc(C)c(C)c1C)C(=O)OC. The van der Waals surface area contributed by atoms with Crippen molar-refractivity contribution in [2.24, 2.45) is 0 Å². The van der Waals surface area contributed by atoms with Crippen LogP contribution in [0, 0.1) is 20.8 Å². The van der Waals surface area contributed by atoms with Crippen LogP contribution in [0.5, 0.6) is 0 Å². The summed E-state index contributed by atoms with van der Waals surface area (Å²) >= 11 is 0. The Labute approximate surface area is 102 Å². The molecule has 96 valence electrons. The predicted molar refractivity (Wildman–Crippen MR) is 65.9 cm³/mol. The highest BCUT2D eigenvalue weighted by molar-refractivity contribution is 5.75. The van der Waals surface area contributed by atoms with Crippen molar-refractivity contribution >= 4 is 5.97 Å². The van der Waals surface area contributed by atoms with Crippen LogP contribution in [-0.4, -0.2) is 35.9 Å². The molecule has 0 aliphatic rings. The number of aromatic nitrogens is 2. The Bertz CT molecular complexity index is 399. The summed E-state index contributed by atoms with van der Waals surface area (Å²) in [6, 6.07) is -0.274. The molecule has 1 aromatic rings. The van der Waals surface area contributed by atoms with Gasteiger partial charge in [-0.25, -0.2) is 0 Å². The second-order valence-corrected chi connectivity index (χ2v) is 4.17. The van der Waals surface area contributed by atoms with Crippen LogP contribution in [0.15, 0.2) is 0 Å². The van der Waals surface area contributed by atoms with Gasteiger partial charge in [-0.1, -0.05) is 0 Å². The number of hydrogen-bond donors (Lipinski definition) is 1. The Morgan fingerprint density at radius 3 is 2.53 bits per heavy atom. The van der Waals surface area contributed by atoms with Crippen molar-refractivity contribution in [3.05, 3.63) is 17.0 Å². The fourth-order valence-electron chi connectivity index (χ4n) is 1.78. The van der Waals surface area contributed by atoms with E-state index in [2.05, 4.69) is 17.3 Å². The highest BCUT2D eigenvalue weighted by atomic mass is 16.5. The topological polar surface area (TPSA) is 56.2 Å². The van der Waals surface area contributed by atoms with E-state index < -0.39 is 0 Å². The molecule has 0 aliphatic heterocycles. The molecule has 0 amide bonds. The van der Waals surface area contributed by atoms with E-state index in [1.807, 2.05) is 18.5 Å². The van der Waals surface area contributed by atoms with E-state index in [0.717, 1.165) is 11.4 Å². The van der Waals surface area contributed by atoms with Gasteiger partial charge in [0.05, 0.1) is 12.8 Å². The highest BCUT2D eigenvalue weighted by Gasteiger charge is 2.17. The van der Waals surface area contributed by atoms with Crippen LogP contribution in [0.2, 0.25) is 0 Å². The second kappa shape index (κ2) is 5.82. The molecule has 1 atom stereocenters. The molecule has 0 bridgehead atoms. The van der Waals surface area contributed by atoms with Gasteiger partial charge >= 0.3 is 5.97 Å². The molecule has 1 unspecified atom stereocenters. The third-order valence-corrected chi connectivity index (χ3v) is 3.21. The Morgan fingerprint density at radius 2 is 2.12 bits per heavy atom. The van der Waals surface area contributed by atoms with Crippen LogP contribution < -0.4 is 5.32 Å². The summed E-state index contributed by atoms with van der Waals surface area (Å²) in [7, 11) is 3.16. The third kappa shape index (κ3) is 3.06. The Hall–Kier alpha value is -1.36. The average Bonchev–Trinajstić information content (AvgIpc) is 2.57. The van der Waals surface area contributed by atoms with E-state index in [1.54, 1.807) is 7.05 Å². The molecule has 17 heavy (non-hydrogen) atoms. The predicted octanol–water partition coefficient (Wildman–Crippen LogP) is 0.959.